The van der Waals surface area contributed by atoms with Crippen molar-refractivity contribution in [2.75, 3.05) is 26.2 Å². The van der Waals surface area contributed by atoms with Crippen molar-refractivity contribution in [3.05, 3.63) is 12.2 Å². The second-order valence-corrected chi connectivity index (χ2v) is 9.24. The van der Waals surface area contributed by atoms with Crippen LogP contribution in [-0.2, 0) is 4.79 Å². The molecule has 0 saturated carbocycles. The molecule has 0 unspecified atom stereocenters. The van der Waals surface area contributed by atoms with E-state index in [4.69, 9.17) is 0 Å². The Morgan fingerprint density at radius 1 is 0.667 bits per heavy atom. The lowest BCUT2D eigenvalue weighted by Gasteiger charge is -2.21. The summed E-state index contributed by atoms with van der Waals surface area (Å²) in [6.45, 7) is 8.37. The molecule has 1 amide bonds. The maximum absolute atomic E-state index is 12.0. The average Bonchev–Trinajstić information content (AvgIpc) is 2.77. The third kappa shape index (κ3) is 22.5. The molecule has 0 aliphatic heterocycles. The molecule has 196 valence electrons. The number of carbonyl (C=O) groups is 1. The zero-order valence-electron chi connectivity index (χ0n) is 21.5. The SMILES string of the molecule is CCCCCCCCN(CCC)CCCC/C=C\CCCCCCCCNC(=O)C(F)(F)F. The molecule has 0 aromatic heterocycles. The lowest BCUT2D eigenvalue weighted by Crippen LogP contribution is -2.37. The molecular weight excluding hydrogens is 425 g/mol. The summed E-state index contributed by atoms with van der Waals surface area (Å²) in [6, 6.07) is 0. The Hall–Kier alpha value is -1.04. The van der Waals surface area contributed by atoms with Crippen LogP contribution in [0.3, 0.4) is 0 Å². The first-order chi connectivity index (χ1) is 15.9. The zero-order chi connectivity index (χ0) is 24.6. The lowest BCUT2D eigenvalue weighted by molar-refractivity contribution is -0.173. The summed E-state index contributed by atoms with van der Waals surface area (Å²) >= 11 is 0. The van der Waals surface area contributed by atoms with E-state index >= 15 is 0 Å². The van der Waals surface area contributed by atoms with Crippen LogP contribution in [0.4, 0.5) is 13.2 Å². The lowest BCUT2D eigenvalue weighted by atomic mass is 10.1. The number of carbonyl (C=O) groups excluding carboxylic acids is 1. The summed E-state index contributed by atoms with van der Waals surface area (Å²) < 4.78 is 36.1. The van der Waals surface area contributed by atoms with Gasteiger partial charge >= 0.3 is 12.1 Å². The van der Waals surface area contributed by atoms with Crippen LogP contribution in [0.5, 0.6) is 0 Å². The van der Waals surface area contributed by atoms with Gasteiger partial charge in [-0.1, -0.05) is 83.8 Å². The van der Waals surface area contributed by atoms with Crippen molar-refractivity contribution in [1.82, 2.24) is 10.2 Å². The Labute approximate surface area is 202 Å². The van der Waals surface area contributed by atoms with Gasteiger partial charge in [0.25, 0.3) is 0 Å². The first-order valence-corrected chi connectivity index (χ1v) is 13.6. The second kappa shape index (κ2) is 22.7. The maximum Gasteiger partial charge on any atom is 0.471 e. The fraction of sp³-hybridized carbons (Fsp3) is 0.889. The van der Waals surface area contributed by atoms with E-state index in [0.29, 0.717) is 6.42 Å². The number of hydrogen-bond donors (Lipinski definition) is 1. The number of nitrogens with one attached hydrogen (secondary N) is 1. The summed E-state index contributed by atoms with van der Waals surface area (Å²) in [5.41, 5.74) is 0. The zero-order valence-corrected chi connectivity index (χ0v) is 21.5. The van der Waals surface area contributed by atoms with Gasteiger partial charge in [-0.3, -0.25) is 4.79 Å². The van der Waals surface area contributed by atoms with Crippen LogP contribution >= 0.6 is 0 Å². The molecule has 0 heterocycles. The highest BCUT2D eigenvalue weighted by Gasteiger charge is 2.38. The van der Waals surface area contributed by atoms with Gasteiger partial charge in [-0.25, -0.2) is 0 Å². The third-order valence-corrected chi connectivity index (χ3v) is 5.97. The Morgan fingerprint density at radius 2 is 1.15 bits per heavy atom. The molecule has 0 aromatic carbocycles. The highest BCUT2D eigenvalue weighted by molar-refractivity contribution is 5.81. The minimum Gasteiger partial charge on any atom is -0.348 e. The second-order valence-electron chi connectivity index (χ2n) is 9.24. The molecule has 0 atom stereocenters. The maximum atomic E-state index is 12.0. The first kappa shape index (κ1) is 32.0. The monoisotopic (exact) mass is 476 g/mol. The van der Waals surface area contributed by atoms with Gasteiger partial charge in [0.05, 0.1) is 0 Å². The molecule has 0 aliphatic rings. The number of alkyl halides is 3. The van der Waals surface area contributed by atoms with Gasteiger partial charge in [-0.2, -0.15) is 13.2 Å². The molecule has 0 spiro atoms. The number of nitrogens with zero attached hydrogens (tertiary/aromatic N) is 1. The van der Waals surface area contributed by atoms with Gasteiger partial charge in [0.1, 0.15) is 0 Å². The molecule has 6 heteroatoms. The van der Waals surface area contributed by atoms with Crippen LogP contribution in [0.2, 0.25) is 0 Å². The van der Waals surface area contributed by atoms with Crippen LogP contribution in [0, 0.1) is 0 Å². The predicted molar refractivity (Wildman–Crippen MR) is 134 cm³/mol. The van der Waals surface area contributed by atoms with E-state index in [1.165, 1.54) is 90.3 Å². The van der Waals surface area contributed by atoms with E-state index in [1.54, 1.807) is 0 Å². The van der Waals surface area contributed by atoms with Crippen LogP contribution < -0.4 is 5.32 Å². The van der Waals surface area contributed by atoms with E-state index in [0.717, 1.165) is 32.1 Å². The topological polar surface area (TPSA) is 32.3 Å². The highest BCUT2D eigenvalue weighted by Crippen LogP contribution is 2.14. The number of rotatable bonds is 23. The molecule has 3 nitrogen and oxygen atoms in total. The predicted octanol–water partition coefficient (Wildman–Crippen LogP) is 8.19. The van der Waals surface area contributed by atoms with Crippen LogP contribution in [0.15, 0.2) is 12.2 Å². The van der Waals surface area contributed by atoms with Crippen molar-refractivity contribution in [1.29, 1.82) is 0 Å². The standard InChI is InChI=1S/C27H51F3N2O/c1-3-5-6-7-17-20-24-32(23-4-2)25-21-18-15-13-11-9-8-10-12-14-16-19-22-31-26(33)27(28,29)30/h11,13H,3-10,12,14-25H2,1-2H3,(H,31,33)/b13-11-. The Kier molecular flexibility index (Phi) is 22.0. The summed E-state index contributed by atoms with van der Waals surface area (Å²) in [4.78, 5) is 13.3. The Balaban J connectivity index is 3.49. The van der Waals surface area contributed by atoms with Gasteiger partial charge in [-0.15, -0.1) is 0 Å². The molecule has 0 saturated heterocycles. The van der Waals surface area contributed by atoms with Gasteiger partial charge in [-0.05, 0) is 71.0 Å². The quantitative estimate of drug-likeness (QED) is 0.119. The van der Waals surface area contributed by atoms with Gasteiger partial charge in [0, 0.05) is 6.54 Å². The largest absolute Gasteiger partial charge is 0.471 e. The van der Waals surface area contributed by atoms with Crippen molar-refractivity contribution < 1.29 is 18.0 Å². The van der Waals surface area contributed by atoms with E-state index in [1.807, 2.05) is 5.32 Å². The summed E-state index contributed by atoms with van der Waals surface area (Å²) in [5.74, 6) is -1.83. The smallest absolute Gasteiger partial charge is 0.348 e. The Bertz CT molecular complexity index is 467. The van der Waals surface area contributed by atoms with Crippen molar-refractivity contribution in [2.24, 2.45) is 0 Å². The van der Waals surface area contributed by atoms with Crippen LogP contribution in [0.1, 0.15) is 123 Å². The van der Waals surface area contributed by atoms with Crippen molar-refractivity contribution in [2.45, 2.75) is 129 Å². The average molecular weight is 477 g/mol. The Morgan fingerprint density at radius 3 is 1.73 bits per heavy atom. The summed E-state index contributed by atoms with van der Waals surface area (Å²) in [7, 11) is 0. The van der Waals surface area contributed by atoms with E-state index in [-0.39, 0.29) is 6.54 Å². The van der Waals surface area contributed by atoms with Gasteiger partial charge in [0.2, 0.25) is 0 Å². The van der Waals surface area contributed by atoms with Crippen molar-refractivity contribution >= 4 is 5.91 Å². The van der Waals surface area contributed by atoms with Crippen LogP contribution in [0.25, 0.3) is 0 Å². The summed E-state index contributed by atoms with van der Waals surface area (Å²) in [6.07, 6.45) is 20.0. The summed E-state index contributed by atoms with van der Waals surface area (Å²) in [5, 5.41) is 1.92. The number of halogens is 3. The highest BCUT2D eigenvalue weighted by atomic mass is 19.4. The number of hydrogen-bond acceptors (Lipinski definition) is 2. The minimum atomic E-state index is -4.77. The van der Waals surface area contributed by atoms with E-state index in [2.05, 4.69) is 30.9 Å². The number of unbranched alkanes of at least 4 members (excludes halogenated alkanes) is 13. The molecule has 0 radical (unpaired) electrons. The first-order valence-electron chi connectivity index (χ1n) is 13.6. The fourth-order valence-electron chi connectivity index (χ4n) is 4.00. The molecule has 0 aliphatic carbocycles. The number of allylic oxidation sites excluding steroid dienone is 2. The molecular formula is C27H51F3N2O. The molecule has 1 N–H and O–H groups in total. The molecule has 0 rings (SSSR count). The molecule has 0 aromatic rings. The third-order valence-electron chi connectivity index (χ3n) is 5.97. The van der Waals surface area contributed by atoms with Crippen molar-refractivity contribution in [3.8, 4) is 0 Å². The molecule has 0 fully saturated rings. The van der Waals surface area contributed by atoms with E-state index in [9.17, 15) is 18.0 Å². The van der Waals surface area contributed by atoms with Gasteiger partial charge < -0.3 is 10.2 Å². The number of amides is 1. The van der Waals surface area contributed by atoms with E-state index < -0.39 is 12.1 Å². The minimum absolute atomic E-state index is 0.107. The van der Waals surface area contributed by atoms with Crippen molar-refractivity contribution in [3.63, 3.8) is 0 Å². The normalized spacial score (nSPS) is 12.2. The molecule has 0 bridgehead atoms. The molecule has 33 heavy (non-hydrogen) atoms. The van der Waals surface area contributed by atoms with Crippen LogP contribution in [-0.4, -0.2) is 43.2 Å². The fourth-order valence-corrected chi connectivity index (χ4v) is 4.00. The van der Waals surface area contributed by atoms with Gasteiger partial charge in [0.15, 0.2) is 0 Å².